The third kappa shape index (κ3) is 3.18. The van der Waals surface area contributed by atoms with Crippen LogP contribution in [-0.2, 0) is 9.53 Å². The summed E-state index contributed by atoms with van der Waals surface area (Å²) in [6.07, 6.45) is 1.47. The maximum absolute atomic E-state index is 13.2. The largest absolute Gasteiger partial charge is 0.380 e. The third-order valence-corrected chi connectivity index (χ3v) is 5.07. The Morgan fingerprint density at radius 3 is 2.36 bits per heavy atom. The molecule has 6 nitrogen and oxygen atoms in total. The summed E-state index contributed by atoms with van der Waals surface area (Å²) in [5.74, 6) is -1.01. The molecule has 25 heavy (non-hydrogen) atoms. The average molecular weight is 344 g/mol. The molecule has 2 atom stereocenters. The van der Waals surface area contributed by atoms with Crippen LogP contribution < -0.4 is 0 Å². The first kappa shape index (κ1) is 17.6. The van der Waals surface area contributed by atoms with E-state index in [0.29, 0.717) is 43.9 Å². The summed E-state index contributed by atoms with van der Waals surface area (Å²) in [4.78, 5) is 41.8. The molecule has 1 fully saturated rings. The molecule has 2 heterocycles. The van der Waals surface area contributed by atoms with Gasteiger partial charge in [-0.15, -0.1) is 0 Å². The molecule has 134 valence electrons. The van der Waals surface area contributed by atoms with Crippen molar-refractivity contribution in [1.29, 1.82) is 0 Å². The van der Waals surface area contributed by atoms with Crippen molar-refractivity contribution in [3.05, 3.63) is 35.4 Å². The molecule has 2 aliphatic rings. The molecule has 3 rings (SSSR count). The highest BCUT2D eigenvalue weighted by atomic mass is 16.5. The van der Waals surface area contributed by atoms with Crippen LogP contribution in [0, 0.1) is 5.92 Å². The van der Waals surface area contributed by atoms with Crippen LogP contribution in [-0.4, -0.2) is 59.9 Å². The number of carbonyl (C=O) groups is 3. The number of ether oxygens (including phenoxy) is 1. The Balaban J connectivity index is 1.93. The second kappa shape index (κ2) is 7.35. The van der Waals surface area contributed by atoms with E-state index in [1.807, 2.05) is 13.8 Å². The number of rotatable bonds is 4. The van der Waals surface area contributed by atoms with E-state index in [9.17, 15) is 14.4 Å². The van der Waals surface area contributed by atoms with Gasteiger partial charge in [0.2, 0.25) is 5.91 Å². The molecule has 0 spiro atoms. The van der Waals surface area contributed by atoms with Gasteiger partial charge < -0.3 is 9.64 Å². The van der Waals surface area contributed by atoms with Crippen molar-refractivity contribution in [2.24, 2.45) is 5.92 Å². The van der Waals surface area contributed by atoms with Crippen molar-refractivity contribution in [1.82, 2.24) is 9.80 Å². The minimum Gasteiger partial charge on any atom is -0.380 e. The maximum Gasteiger partial charge on any atom is 0.262 e. The Kier molecular flexibility index (Phi) is 5.18. The Bertz CT molecular complexity index is 645. The molecule has 1 aromatic rings. The van der Waals surface area contributed by atoms with Gasteiger partial charge in [-0.05, 0) is 24.5 Å². The Hall–Kier alpha value is -2.21. The molecule has 2 unspecified atom stereocenters. The maximum atomic E-state index is 13.2. The lowest BCUT2D eigenvalue weighted by Crippen LogP contribution is -2.54. The van der Waals surface area contributed by atoms with Crippen molar-refractivity contribution in [2.45, 2.75) is 32.7 Å². The number of fused-ring (bicyclic) bond motifs is 1. The lowest BCUT2D eigenvalue weighted by molar-refractivity contribution is -0.137. The monoisotopic (exact) mass is 344 g/mol. The molecule has 3 amide bonds. The fraction of sp³-hybridized carbons (Fsp3) is 0.526. The van der Waals surface area contributed by atoms with Crippen LogP contribution in [0.2, 0.25) is 0 Å². The average Bonchev–Trinajstić information content (AvgIpc) is 2.83. The van der Waals surface area contributed by atoms with Crippen molar-refractivity contribution in [3.63, 3.8) is 0 Å². The van der Waals surface area contributed by atoms with Crippen LogP contribution in [0.15, 0.2) is 24.3 Å². The zero-order valence-corrected chi connectivity index (χ0v) is 14.7. The zero-order chi connectivity index (χ0) is 18.0. The highest BCUT2D eigenvalue weighted by Crippen LogP contribution is 2.29. The van der Waals surface area contributed by atoms with Crippen molar-refractivity contribution in [2.75, 3.05) is 26.3 Å². The van der Waals surface area contributed by atoms with Gasteiger partial charge >= 0.3 is 0 Å². The minimum absolute atomic E-state index is 0.112. The molecule has 0 N–H and O–H groups in total. The molecule has 2 aliphatic heterocycles. The molecule has 0 radical (unpaired) electrons. The van der Waals surface area contributed by atoms with Crippen LogP contribution in [0.3, 0.4) is 0 Å². The SMILES string of the molecule is CCC(C)C(C(=O)N1CCCOCC1)N1C(=O)c2ccccc2C1=O. The van der Waals surface area contributed by atoms with Gasteiger partial charge in [0.15, 0.2) is 0 Å². The quantitative estimate of drug-likeness (QED) is 0.783. The molecular weight excluding hydrogens is 320 g/mol. The molecule has 0 aromatic heterocycles. The van der Waals surface area contributed by atoms with E-state index in [1.165, 1.54) is 4.90 Å². The van der Waals surface area contributed by atoms with E-state index < -0.39 is 6.04 Å². The normalized spacial score (nSPS) is 20.2. The van der Waals surface area contributed by atoms with Crippen molar-refractivity contribution in [3.8, 4) is 0 Å². The molecule has 1 aromatic carbocycles. The molecular formula is C19H24N2O4. The third-order valence-electron chi connectivity index (χ3n) is 5.07. The van der Waals surface area contributed by atoms with E-state index in [0.717, 1.165) is 6.42 Å². The lowest BCUT2D eigenvalue weighted by Gasteiger charge is -2.34. The zero-order valence-electron chi connectivity index (χ0n) is 14.7. The number of imide groups is 1. The second-order valence-corrected chi connectivity index (χ2v) is 6.65. The summed E-state index contributed by atoms with van der Waals surface area (Å²) < 4.78 is 5.42. The van der Waals surface area contributed by atoms with E-state index in [-0.39, 0.29) is 23.6 Å². The van der Waals surface area contributed by atoms with Crippen molar-refractivity contribution < 1.29 is 19.1 Å². The Labute approximate surface area is 147 Å². The fourth-order valence-corrected chi connectivity index (χ4v) is 3.45. The molecule has 0 bridgehead atoms. The molecule has 0 aliphatic carbocycles. The first-order valence-electron chi connectivity index (χ1n) is 8.89. The number of hydrogen-bond acceptors (Lipinski definition) is 4. The summed E-state index contributed by atoms with van der Waals surface area (Å²) in [6, 6.07) is 6.00. The predicted octanol–water partition coefficient (Wildman–Crippen LogP) is 1.95. The van der Waals surface area contributed by atoms with E-state index in [2.05, 4.69) is 0 Å². The number of hydrogen-bond donors (Lipinski definition) is 0. The summed E-state index contributed by atoms with van der Waals surface area (Å²) in [6.45, 7) is 6.09. The van der Waals surface area contributed by atoms with Gasteiger partial charge in [0.05, 0.1) is 17.7 Å². The first-order chi connectivity index (χ1) is 12.1. The van der Waals surface area contributed by atoms with Gasteiger partial charge in [0.1, 0.15) is 6.04 Å². The van der Waals surface area contributed by atoms with Gasteiger partial charge in [-0.1, -0.05) is 32.4 Å². The number of amides is 3. The van der Waals surface area contributed by atoms with Gasteiger partial charge in [-0.2, -0.15) is 0 Å². The summed E-state index contributed by atoms with van der Waals surface area (Å²) in [5.41, 5.74) is 0.764. The van der Waals surface area contributed by atoms with E-state index in [1.54, 1.807) is 29.2 Å². The van der Waals surface area contributed by atoms with Crippen LogP contribution in [0.5, 0.6) is 0 Å². The number of benzene rings is 1. The standard InChI is InChI=1S/C19H24N2O4/c1-3-13(2)16(19(24)20-9-6-11-25-12-10-20)21-17(22)14-7-4-5-8-15(14)18(21)23/h4-5,7-8,13,16H,3,6,9-12H2,1-2H3. The van der Waals surface area contributed by atoms with Gasteiger partial charge in [0, 0.05) is 19.7 Å². The molecule has 6 heteroatoms. The number of carbonyl (C=O) groups excluding carboxylic acids is 3. The highest BCUT2D eigenvalue weighted by Gasteiger charge is 2.45. The fourth-order valence-electron chi connectivity index (χ4n) is 3.45. The second-order valence-electron chi connectivity index (χ2n) is 6.65. The van der Waals surface area contributed by atoms with Gasteiger partial charge in [-0.3, -0.25) is 19.3 Å². The Morgan fingerprint density at radius 2 is 1.76 bits per heavy atom. The number of nitrogens with zero attached hydrogens (tertiary/aromatic N) is 2. The summed E-state index contributed by atoms with van der Waals surface area (Å²) in [7, 11) is 0. The van der Waals surface area contributed by atoms with E-state index >= 15 is 0 Å². The van der Waals surface area contributed by atoms with Gasteiger partial charge in [-0.25, -0.2) is 0 Å². The molecule has 0 saturated carbocycles. The molecule has 1 saturated heterocycles. The Morgan fingerprint density at radius 1 is 1.12 bits per heavy atom. The van der Waals surface area contributed by atoms with Crippen LogP contribution >= 0.6 is 0 Å². The topological polar surface area (TPSA) is 66.9 Å². The first-order valence-corrected chi connectivity index (χ1v) is 8.89. The van der Waals surface area contributed by atoms with Crippen molar-refractivity contribution >= 4 is 17.7 Å². The van der Waals surface area contributed by atoms with Crippen LogP contribution in [0.4, 0.5) is 0 Å². The van der Waals surface area contributed by atoms with Crippen LogP contribution in [0.25, 0.3) is 0 Å². The lowest BCUT2D eigenvalue weighted by atomic mass is 9.96. The highest BCUT2D eigenvalue weighted by molar-refractivity contribution is 6.22. The minimum atomic E-state index is -0.768. The van der Waals surface area contributed by atoms with Crippen LogP contribution in [0.1, 0.15) is 47.4 Å². The predicted molar refractivity (Wildman–Crippen MR) is 92.2 cm³/mol. The summed E-state index contributed by atoms with van der Waals surface area (Å²) in [5, 5.41) is 0. The smallest absolute Gasteiger partial charge is 0.262 e. The van der Waals surface area contributed by atoms with Gasteiger partial charge in [0.25, 0.3) is 11.8 Å². The summed E-state index contributed by atoms with van der Waals surface area (Å²) >= 11 is 0. The van der Waals surface area contributed by atoms with E-state index in [4.69, 9.17) is 4.74 Å².